The van der Waals surface area contributed by atoms with Gasteiger partial charge in [0.1, 0.15) is 0 Å². The molecule has 0 fully saturated rings. The molecule has 1 atom stereocenters. The van der Waals surface area contributed by atoms with E-state index in [1.165, 1.54) is 0 Å². The summed E-state index contributed by atoms with van der Waals surface area (Å²) in [5.74, 6) is 0. The Morgan fingerprint density at radius 3 is 2.95 bits per heavy atom. The molecule has 0 aliphatic carbocycles. The molecule has 0 aliphatic heterocycles. The van der Waals surface area contributed by atoms with Crippen LogP contribution in [0.25, 0.3) is 0 Å². The number of aryl methyl sites for hydroxylation is 1. The van der Waals surface area contributed by atoms with Crippen LogP contribution >= 0.6 is 23.2 Å². The van der Waals surface area contributed by atoms with Crippen LogP contribution in [-0.4, -0.2) is 21.5 Å². The van der Waals surface area contributed by atoms with Gasteiger partial charge in [-0.1, -0.05) is 40.5 Å². The monoisotopic (exact) mass is 298 g/mol. The van der Waals surface area contributed by atoms with Crippen LogP contribution in [0.1, 0.15) is 24.9 Å². The van der Waals surface area contributed by atoms with Gasteiger partial charge in [-0.05, 0) is 31.5 Å². The molecule has 2 rings (SSSR count). The second kappa shape index (κ2) is 6.89. The zero-order valence-electron chi connectivity index (χ0n) is 10.7. The average molecular weight is 299 g/mol. The summed E-state index contributed by atoms with van der Waals surface area (Å²) < 4.78 is 1.82. The highest BCUT2D eigenvalue weighted by Gasteiger charge is 2.10. The van der Waals surface area contributed by atoms with E-state index < -0.39 is 0 Å². The molecule has 0 aliphatic rings. The molecule has 1 unspecified atom stereocenters. The molecule has 0 saturated heterocycles. The predicted octanol–water partition coefficient (Wildman–Crippen LogP) is 3.33. The maximum Gasteiger partial charge on any atom is 0.0692 e. The quantitative estimate of drug-likeness (QED) is 0.832. The minimum atomic E-state index is 0.168. The van der Waals surface area contributed by atoms with Gasteiger partial charge in [-0.15, -0.1) is 5.10 Å². The van der Waals surface area contributed by atoms with Crippen LogP contribution in [0.2, 0.25) is 10.0 Å². The summed E-state index contributed by atoms with van der Waals surface area (Å²) in [5, 5.41) is 12.3. The van der Waals surface area contributed by atoms with E-state index in [4.69, 9.17) is 23.2 Å². The number of halogens is 2. The third-order valence-corrected chi connectivity index (χ3v) is 3.77. The number of aromatic nitrogens is 3. The first-order valence-corrected chi connectivity index (χ1v) is 6.95. The van der Waals surface area contributed by atoms with Gasteiger partial charge in [-0.3, -0.25) is 4.68 Å². The SMILES string of the molecule is CC(NCCCn1ccnn1)c1cccc(Cl)c1Cl. The van der Waals surface area contributed by atoms with Crippen molar-refractivity contribution in [2.45, 2.75) is 25.9 Å². The van der Waals surface area contributed by atoms with E-state index in [0.29, 0.717) is 10.0 Å². The Bertz CT molecular complexity index is 513. The molecule has 0 bridgehead atoms. The lowest BCUT2D eigenvalue weighted by molar-refractivity contribution is 0.499. The Morgan fingerprint density at radius 1 is 1.37 bits per heavy atom. The van der Waals surface area contributed by atoms with Crippen molar-refractivity contribution in [2.75, 3.05) is 6.54 Å². The van der Waals surface area contributed by atoms with Crippen molar-refractivity contribution < 1.29 is 0 Å². The number of nitrogens with zero attached hydrogens (tertiary/aromatic N) is 3. The molecular weight excluding hydrogens is 283 g/mol. The van der Waals surface area contributed by atoms with E-state index in [1.54, 1.807) is 12.3 Å². The van der Waals surface area contributed by atoms with Crippen molar-refractivity contribution in [3.8, 4) is 0 Å². The van der Waals surface area contributed by atoms with Crippen molar-refractivity contribution in [1.82, 2.24) is 20.3 Å². The normalized spacial score (nSPS) is 12.6. The van der Waals surface area contributed by atoms with Crippen LogP contribution in [0.3, 0.4) is 0 Å². The van der Waals surface area contributed by atoms with Gasteiger partial charge in [-0.25, -0.2) is 0 Å². The first-order valence-electron chi connectivity index (χ1n) is 6.20. The smallest absolute Gasteiger partial charge is 0.0692 e. The first kappa shape index (κ1) is 14.3. The van der Waals surface area contributed by atoms with Crippen LogP contribution in [0.5, 0.6) is 0 Å². The lowest BCUT2D eigenvalue weighted by atomic mass is 10.1. The lowest BCUT2D eigenvalue weighted by Gasteiger charge is -2.16. The molecule has 0 spiro atoms. The van der Waals surface area contributed by atoms with Gasteiger partial charge in [-0.2, -0.15) is 0 Å². The van der Waals surface area contributed by atoms with Crippen LogP contribution in [-0.2, 0) is 6.54 Å². The standard InChI is InChI=1S/C13H16Cl2N4/c1-10(11-4-2-5-12(14)13(11)15)16-6-3-8-19-9-7-17-18-19/h2,4-5,7,9-10,16H,3,6,8H2,1H3. The number of nitrogens with one attached hydrogen (secondary N) is 1. The molecule has 1 aromatic heterocycles. The molecule has 1 heterocycles. The van der Waals surface area contributed by atoms with Gasteiger partial charge in [0.2, 0.25) is 0 Å². The molecule has 2 aromatic rings. The summed E-state index contributed by atoms with van der Waals surface area (Å²) in [7, 11) is 0. The summed E-state index contributed by atoms with van der Waals surface area (Å²) in [6.07, 6.45) is 4.52. The van der Waals surface area contributed by atoms with E-state index in [-0.39, 0.29) is 6.04 Å². The van der Waals surface area contributed by atoms with E-state index in [1.807, 2.05) is 23.0 Å². The second-order valence-electron chi connectivity index (χ2n) is 4.34. The fourth-order valence-electron chi connectivity index (χ4n) is 1.88. The van der Waals surface area contributed by atoms with Gasteiger partial charge in [0, 0.05) is 18.8 Å². The van der Waals surface area contributed by atoms with Crippen LogP contribution in [0.4, 0.5) is 0 Å². The summed E-state index contributed by atoms with van der Waals surface area (Å²) >= 11 is 12.2. The molecule has 0 radical (unpaired) electrons. The third-order valence-electron chi connectivity index (χ3n) is 2.93. The number of hydrogen-bond acceptors (Lipinski definition) is 3. The average Bonchev–Trinajstić information content (AvgIpc) is 2.91. The molecule has 19 heavy (non-hydrogen) atoms. The maximum atomic E-state index is 6.19. The van der Waals surface area contributed by atoms with Crippen LogP contribution in [0.15, 0.2) is 30.6 Å². The highest BCUT2D eigenvalue weighted by Crippen LogP contribution is 2.29. The Hall–Kier alpha value is -1.10. The molecule has 1 aromatic carbocycles. The maximum absolute atomic E-state index is 6.19. The van der Waals surface area contributed by atoms with Crippen molar-refractivity contribution in [1.29, 1.82) is 0 Å². The summed E-state index contributed by atoms with van der Waals surface area (Å²) in [5.41, 5.74) is 1.02. The molecule has 102 valence electrons. The minimum Gasteiger partial charge on any atom is -0.310 e. The largest absolute Gasteiger partial charge is 0.310 e. The van der Waals surface area contributed by atoms with Gasteiger partial charge in [0.25, 0.3) is 0 Å². The van der Waals surface area contributed by atoms with Gasteiger partial charge >= 0.3 is 0 Å². The lowest BCUT2D eigenvalue weighted by Crippen LogP contribution is -2.21. The molecule has 0 saturated carbocycles. The molecule has 6 heteroatoms. The number of benzene rings is 1. The third kappa shape index (κ3) is 3.93. The Kier molecular flexibility index (Phi) is 5.19. The van der Waals surface area contributed by atoms with E-state index >= 15 is 0 Å². The zero-order chi connectivity index (χ0) is 13.7. The number of rotatable bonds is 6. The van der Waals surface area contributed by atoms with Crippen molar-refractivity contribution in [3.05, 3.63) is 46.2 Å². The topological polar surface area (TPSA) is 42.7 Å². The van der Waals surface area contributed by atoms with E-state index in [0.717, 1.165) is 25.1 Å². The second-order valence-corrected chi connectivity index (χ2v) is 5.12. The van der Waals surface area contributed by atoms with Gasteiger partial charge in [0.15, 0.2) is 0 Å². The highest BCUT2D eigenvalue weighted by atomic mass is 35.5. The van der Waals surface area contributed by atoms with E-state index in [2.05, 4.69) is 22.6 Å². The van der Waals surface area contributed by atoms with Gasteiger partial charge in [0.05, 0.1) is 16.2 Å². The van der Waals surface area contributed by atoms with Crippen molar-refractivity contribution >= 4 is 23.2 Å². The van der Waals surface area contributed by atoms with Crippen molar-refractivity contribution in [3.63, 3.8) is 0 Å². The zero-order valence-corrected chi connectivity index (χ0v) is 12.2. The summed E-state index contributed by atoms with van der Waals surface area (Å²) in [4.78, 5) is 0. The van der Waals surface area contributed by atoms with Gasteiger partial charge < -0.3 is 5.32 Å². The molecule has 0 amide bonds. The predicted molar refractivity (Wildman–Crippen MR) is 77.5 cm³/mol. The Balaban J connectivity index is 1.81. The number of hydrogen-bond donors (Lipinski definition) is 1. The first-order chi connectivity index (χ1) is 9.18. The van der Waals surface area contributed by atoms with Crippen LogP contribution in [0, 0.1) is 0 Å². The van der Waals surface area contributed by atoms with E-state index in [9.17, 15) is 0 Å². The summed E-state index contributed by atoms with van der Waals surface area (Å²) in [6, 6.07) is 5.87. The molecule has 4 nitrogen and oxygen atoms in total. The Morgan fingerprint density at radius 2 is 2.21 bits per heavy atom. The fourth-order valence-corrected chi connectivity index (χ4v) is 2.35. The summed E-state index contributed by atoms with van der Waals surface area (Å²) in [6.45, 7) is 3.81. The minimum absolute atomic E-state index is 0.168. The Labute approximate surface area is 122 Å². The molecular formula is C13H16Cl2N4. The fraction of sp³-hybridized carbons (Fsp3) is 0.385. The molecule has 1 N–H and O–H groups in total. The van der Waals surface area contributed by atoms with Crippen molar-refractivity contribution in [2.24, 2.45) is 0 Å². The highest BCUT2D eigenvalue weighted by molar-refractivity contribution is 6.42. The van der Waals surface area contributed by atoms with Crippen LogP contribution < -0.4 is 5.32 Å².